The van der Waals surface area contributed by atoms with Crippen LogP contribution in [0.2, 0.25) is 0 Å². The van der Waals surface area contributed by atoms with E-state index in [0.29, 0.717) is 11.7 Å². The molecule has 0 bridgehead atoms. The molecular weight excluding hydrogens is 202 g/mol. The van der Waals surface area contributed by atoms with Crippen molar-refractivity contribution in [3.8, 4) is 6.07 Å². The minimum absolute atomic E-state index is 0.358. The lowest BCUT2D eigenvalue weighted by atomic mass is 10.2. The molecule has 0 aliphatic carbocycles. The van der Waals surface area contributed by atoms with Crippen molar-refractivity contribution in [3.05, 3.63) is 18.1 Å². The van der Waals surface area contributed by atoms with Crippen LogP contribution < -0.4 is 10.2 Å². The van der Waals surface area contributed by atoms with Gasteiger partial charge in [-0.1, -0.05) is 0 Å². The molecule has 5 nitrogen and oxygen atoms in total. The SMILES string of the molecule is CN(CC1CCCN1)c1cnc(C#N)cn1. The standard InChI is InChI=1S/C11H15N5/c1-16(8-9-3-2-4-13-9)11-7-14-10(5-12)6-15-11/h6-7,9,13H,2-4,8H2,1H3. The normalized spacial score (nSPS) is 19.4. The topological polar surface area (TPSA) is 64.8 Å². The Morgan fingerprint density at radius 2 is 2.44 bits per heavy atom. The largest absolute Gasteiger partial charge is 0.357 e. The molecule has 1 aromatic heterocycles. The molecule has 1 fully saturated rings. The Morgan fingerprint density at radius 3 is 3.00 bits per heavy atom. The van der Waals surface area contributed by atoms with Crippen molar-refractivity contribution in [1.82, 2.24) is 15.3 Å². The van der Waals surface area contributed by atoms with Gasteiger partial charge in [-0.15, -0.1) is 0 Å². The fourth-order valence-electron chi connectivity index (χ4n) is 1.91. The molecule has 0 saturated carbocycles. The number of hydrogen-bond acceptors (Lipinski definition) is 5. The first-order valence-electron chi connectivity index (χ1n) is 5.46. The average Bonchev–Trinajstić information content (AvgIpc) is 2.82. The van der Waals surface area contributed by atoms with Gasteiger partial charge in [0, 0.05) is 19.6 Å². The van der Waals surface area contributed by atoms with E-state index in [0.717, 1.165) is 18.9 Å². The highest BCUT2D eigenvalue weighted by molar-refractivity contribution is 5.36. The molecule has 0 aromatic carbocycles. The Bertz CT molecular complexity index is 374. The molecular formula is C11H15N5. The molecule has 2 heterocycles. The van der Waals surface area contributed by atoms with Crippen molar-refractivity contribution < 1.29 is 0 Å². The summed E-state index contributed by atoms with van der Waals surface area (Å²) in [5, 5.41) is 12.1. The van der Waals surface area contributed by atoms with Crippen molar-refractivity contribution in [2.45, 2.75) is 18.9 Å². The van der Waals surface area contributed by atoms with Gasteiger partial charge in [-0.25, -0.2) is 9.97 Å². The lowest BCUT2D eigenvalue weighted by Gasteiger charge is -2.21. The number of nitrogens with one attached hydrogen (secondary N) is 1. The van der Waals surface area contributed by atoms with E-state index in [1.807, 2.05) is 13.1 Å². The third-order valence-corrected chi connectivity index (χ3v) is 2.80. The highest BCUT2D eigenvalue weighted by Crippen LogP contribution is 2.11. The second-order valence-electron chi connectivity index (χ2n) is 4.05. The van der Waals surface area contributed by atoms with Crippen molar-refractivity contribution in [2.75, 3.05) is 25.0 Å². The summed E-state index contributed by atoms with van der Waals surface area (Å²) in [7, 11) is 2.00. The van der Waals surface area contributed by atoms with E-state index in [2.05, 4.69) is 20.2 Å². The van der Waals surface area contributed by atoms with Gasteiger partial charge in [-0.05, 0) is 19.4 Å². The molecule has 1 N–H and O–H groups in total. The average molecular weight is 217 g/mol. The Kier molecular flexibility index (Phi) is 3.32. The predicted octanol–water partition coefficient (Wildman–Crippen LogP) is 0.536. The number of rotatable bonds is 3. The van der Waals surface area contributed by atoms with Crippen molar-refractivity contribution >= 4 is 5.82 Å². The van der Waals surface area contributed by atoms with Gasteiger partial charge in [-0.3, -0.25) is 0 Å². The molecule has 5 heteroatoms. The van der Waals surface area contributed by atoms with E-state index in [9.17, 15) is 0 Å². The van der Waals surface area contributed by atoms with E-state index < -0.39 is 0 Å². The minimum Gasteiger partial charge on any atom is -0.357 e. The first-order chi connectivity index (χ1) is 7.79. The number of nitrogens with zero attached hydrogens (tertiary/aromatic N) is 4. The van der Waals surface area contributed by atoms with E-state index in [-0.39, 0.29) is 0 Å². The van der Waals surface area contributed by atoms with Gasteiger partial charge < -0.3 is 10.2 Å². The van der Waals surface area contributed by atoms with Crippen molar-refractivity contribution in [3.63, 3.8) is 0 Å². The maximum absolute atomic E-state index is 8.62. The fourth-order valence-corrected chi connectivity index (χ4v) is 1.91. The van der Waals surface area contributed by atoms with Gasteiger partial charge in [0.15, 0.2) is 5.69 Å². The summed E-state index contributed by atoms with van der Waals surface area (Å²) in [5.41, 5.74) is 0.358. The lowest BCUT2D eigenvalue weighted by Crippen LogP contribution is -2.35. The lowest BCUT2D eigenvalue weighted by molar-refractivity contribution is 0.597. The Morgan fingerprint density at radius 1 is 1.56 bits per heavy atom. The summed E-state index contributed by atoms with van der Waals surface area (Å²) in [5.74, 6) is 0.813. The van der Waals surface area contributed by atoms with Crippen LogP contribution in [0.3, 0.4) is 0 Å². The highest BCUT2D eigenvalue weighted by Gasteiger charge is 2.16. The first kappa shape index (κ1) is 10.8. The van der Waals surface area contributed by atoms with E-state index in [1.54, 1.807) is 6.20 Å². The van der Waals surface area contributed by atoms with Gasteiger partial charge in [-0.2, -0.15) is 5.26 Å². The fraction of sp³-hybridized carbons (Fsp3) is 0.545. The van der Waals surface area contributed by atoms with Gasteiger partial charge in [0.1, 0.15) is 11.9 Å². The van der Waals surface area contributed by atoms with Gasteiger partial charge in [0.05, 0.1) is 12.4 Å². The Hall–Kier alpha value is -1.67. The van der Waals surface area contributed by atoms with Crippen LogP contribution in [0.4, 0.5) is 5.82 Å². The van der Waals surface area contributed by atoms with Crippen LogP contribution in [-0.4, -0.2) is 36.1 Å². The molecule has 2 rings (SSSR count). The van der Waals surface area contributed by atoms with Gasteiger partial charge in [0.25, 0.3) is 0 Å². The molecule has 16 heavy (non-hydrogen) atoms. The molecule has 0 amide bonds. The highest BCUT2D eigenvalue weighted by atomic mass is 15.2. The monoisotopic (exact) mass is 217 g/mol. The summed E-state index contributed by atoms with van der Waals surface area (Å²) in [6.07, 6.45) is 5.62. The number of anilines is 1. The quantitative estimate of drug-likeness (QED) is 0.800. The molecule has 84 valence electrons. The molecule has 1 aliphatic heterocycles. The summed E-state index contributed by atoms with van der Waals surface area (Å²) in [6, 6.07) is 2.51. The van der Waals surface area contributed by atoms with Crippen molar-refractivity contribution in [2.24, 2.45) is 0 Å². The summed E-state index contributed by atoms with van der Waals surface area (Å²) in [6.45, 7) is 2.04. The zero-order valence-electron chi connectivity index (χ0n) is 9.35. The molecule has 1 aliphatic rings. The van der Waals surface area contributed by atoms with Crippen LogP contribution in [0.1, 0.15) is 18.5 Å². The maximum atomic E-state index is 8.62. The second kappa shape index (κ2) is 4.90. The van der Waals surface area contributed by atoms with E-state index in [4.69, 9.17) is 5.26 Å². The number of hydrogen-bond donors (Lipinski definition) is 1. The van der Waals surface area contributed by atoms with Crippen LogP contribution in [0.25, 0.3) is 0 Å². The zero-order chi connectivity index (χ0) is 11.4. The molecule has 0 radical (unpaired) electrons. The molecule has 1 unspecified atom stereocenters. The molecule has 1 atom stereocenters. The predicted molar refractivity (Wildman–Crippen MR) is 61.0 cm³/mol. The van der Waals surface area contributed by atoms with Crippen LogP contribution in [-0.2, 0) is 0 Å². The second-order valence-corrected chi connectivity index (χ2v) is 4.05. The van der Waals surface area contributed by atoms with Crippen LogP contribution >= 0.6 is 0 Å². The van der Waals surface area contributed by atoms with E-state index in [1.165, 1.54) is 19.0 Å². The van der Waals surface area contributed by atoms with Crippen LogP contribution in [0.15, 0.2) is 12.4 Å². The maximum Gasteiger partial charge on any atom is 0.158 e. The Labute approximate surface area is 95.1 Å². The molecule has 0 spiro atoms. The zero-order valence-corrected chi connectivity index (χ0v) is 9.35. The van der Waals surface area contributed by atoms with E-state index >= 15 is 0 Å². The number of nitriles is 1. The third kappa shape index (κ3) is 2.47. The summed E-state index contributed by atoms with van der Waals surface area (Å²) >= 11 is 0. The molecule has 1 aromatic rings. The van der Waals surface area contributed by atoms with Crippen LogP contribution in [0.5, 0.6) is 0 Å². The molecule has 1 saturated heterocycles. The summed E-state index contributed by atoms with van der Waals surface area (Å²) in [4.78, 5) is 10.3. The van der Waals surface area contributed by atoms with Gasteiger partial charge in [0.2, 0.25) is 0 Å². The van der Waals surface area contributed by atoms with Crippen LogP contribution in [0, 0.1) is 11.3 Å². The summed E-state index contributed by atoms with van der Waals surface area (Å²) < 4.78 is 0. The third-order valence-electron chi connectivity index (χ3n) is 2.80. The number of aromatic nitrogens is 2. The van der Waals surface area contributed by atoms with Crippen molar-refractivity contribution in [1.29, 1.82) is 5.26 Å². The Balaban J connectivity index is 1.97. The first-order valence-corrected chi connectivity index (χ1v) is 5.46. The number of likely N-dealkylation sites (N-methyl/N-ethyl adjacent to an activating group) is 1. The minimum atomic E-state index is 0.358. The smallest absolute Gasteiger partial charge is 0.158 e. The van der Waals surface area contributed by atoms with Gasteiger partial charge >= 0.3 is 0 Å².